The SMILES string of the molecule is CCCC[C@H](CC)CNC(=O)[C@H](CC)Oc1ccc2c(c1)CCCC2. The molecule has 0 radical (unpaired) electrons. The van der Waals surface area contributed by atoms with Crippen LogP contribution in [0.3, 0.4) is 0 Å². The molecule has 1 N–H and O–H groups in total. The largest absolute Gasteiger partial charge is 0.481 e. The number of amides is 1. The van der Waals surface area contributed by atoms with Crippen LogP contribution in [0.15, 0.2) is 18.2 Å². The molecule has 0 unspecified atom stereocenters. The number of rotatable bonds is 10. The van der Waals surface area contributed by atoms with Crippen LogP contribution in [0, 0.1) is 5.92 Å². The fourth-order valence-corrected chi connectivity index (χ4v) is 3.57. The molecule has 0 saturated heterocycles. The van der Waals surface area contributed by atoms with Gasteiger partial charge < -0.3 is 10.1 Å². The maximum atomic E-state index is 12.5. The van der Waals surface area contributed by atoms with Crippen molar-refractivity contribution in [1.29, 1.82) is 0 Å². The topological polar surface area (TPSA) is 38.3 Å². The second-order valence-corrected chi connectivity index (χ2v) is 7.31. The summed E-state index contributed by atoms with van der Waals surface area (Å²) in [6, 6.07) is 6.34. The lowest BCUT2D eigenvalue weighted by Crippen LogP contribution is -2.40. The van der Waals surface area contributed by atoms with Crippen molar-refractivity contribution in [2.24, 2.45) is 5.92 Å². The highest BCUT2D eigenvalue weighted by atomic mass is 16.5. The van der Waals surface area contributed by atoms with E-state index < -0.39 is 6.10 Å². The van der Waals surface area contributed by atoms with Crippen molar-refractivity contribution in [3.63, 3.8) is 0 Å². The zero-order valence-electron chi connectivity index (χ0n) is 16.3. The third kappa shape index (κ3) is 6.05. The summed E-state index contributed by atoms with van der Waals surface area (Å²) < 4.78 is 6.03. The van der Waals surface area contributed by atoms with Gasteiger partial charge in [-0.1, -0.05) is 46.1 Å². The van der Waals surface area contributed by atoms with Crippen LogP contribution in [-0.4, -0.2) is 18.6 Å². The van der Waals surface area contributed by atoms with Crippen LogP contribution in [0.5, 0.6) is 5.75 Å². The highest BCUT2D eigenvalue weighted by molar-refractivity contribution is 5.81. The lowest BCUT2D eigenvalue weighted by atomic mass is 9.92. The highest BCUT2D eigenvalue weighted by Gasteiger charge is 2.20. The molecule has 3 heteroatoms. The van der Waals surface area contributed by atoms with Gasteiger partial charge in [0.25, 0.3) is 5.91 Å². The molecule has 1 aromatic carbocycles. The lowest BCUT2D eigenvalue weighted by molar-refractivity contribution is -0.128. The Bertz CT molecular complexity index is 541. The molecule has 0 bridgehead atoms. The van der Waals surface area contributed by atoms with Gasteiger partial charge in [-0.2, -0.15) is 0 Å². The van der Waals surface area contributed by atoms with E-state index in [4.69, 9.17) is 4.74 Å². The van der Waals surface area contributed by atoms with Crippen molar-refractivity contribution >= 4 is 5.91 Å². The zero-order valence-corrected chi connectivity index (χ0v) is 16.3. The molecule has 2 atom stereocenters. The highest BCUT2D eigenvalue weighted by Crippen LogP contribution is 2.26. The first-order valence-electron chi connectivity index (χ1n) is 10.2. The van der Waals surface area contributed by atoms with Crippen LogP contribution in [0.4, 0.5) is 0 Å². The van der Waals surface area contributed by atoms with Gasteiger partial charge in [-0.3, -0.25) is 4.79 Å². The molecule has 2 rings (SSSR count). The number of unbranched alkanes of at least 4 members (excludes halogenated alkanes) is 1. The Morgan fingerprint density at radius 2 is 1.88 bits per heavy atom. The van der Waals surface area contributed by atoms with E-state index in [2.05, 4.69) is 31.3 Å². The average Bonchev–Trinajstić information content (AvgIpc) is 2.65. The molecule has 0 fully saturated rings. The van der Waals surface area contributed by atoms with Gasteiger partial charge in [0.15, 0.2) is 6.10 Å². The van der Waals surface area contributed by atoms with Crippen molar-refractivity contribution in [3.8, 4) is 5.75 Å². The number of carbonyl (C=O) groups is 1. The van der Waals surface area contributed by atoms with Crippen LogP contribution >= 0.6 is 0 Å². The molecule has 25 heavy (non-hydrogen) atoms. The van der Waals surface area contributed by atoms with Crippen molar-refractivity contribution in [1.82, 2.24) is 5.32 Å². The summed E-state index contributed by atoms with van der Waals surface area (Å²) in [6.07, 6.45) is 9.88. The van der Waals surface area contributed by atoms with E-state index in [9.17, 15) is 4.79 Å². The fraction of sp³-hybridized carbons (Fsp3) is 0.682. The molecule has 3 nitrogen and oxygen atoms in total. The molecule has 1 aliphatic rings. The molecule has 140 valence electrons. The smallest absolute Gasteiger partial charge is 0.261 e. The third-order valence-electron chi connectivity index (χ3n) is 5.37. The molecule has 0 spiro atoms. The molecule has 0 saturated carbocycles. The van der Waals surface area contributed by atoms with Gasteiger partial charge in [-0.05, 0) is 67.7 Å². The molecule has 1 amide bonds. The Balaban J connectivity index is 1.89. The maximum Gasteiger partial charge on any atom is 0.261 e. The summed E-state index contributed by atoms with van der Waals surface area (Å²) in [5, 5.41) is 3.11. The van der Waals surface area contributed by atoms with Crippen LogP contribution < -0.4 is 10.1 Å². The first-order valence-corrected chi connectivity index (χ1v) is 10.2. The zero-order chi connectivity index (χ0) is 18.1. The quantitative estimate of drug-likeness (QED) is 0.644. The van der Waals surface area contributed by atoms with Gasteiger partial charge in [0.2, 0.25) is 0 Å². The van der Waals surface area contributed by atoms with Crippen LogP contribution in [0.1, 0.15) is 76.8 Å². The lowest BCUT2D eigenvalue weighted by Gasteiger charge is -2.22. The Kier molecular flexibility index (Phi) is 8.30. The standard InChI is InChI=1S/C22H35NO2/c1-4-7-10-17(5-2)16-23-22(24)21(6-3)25-20-14-13-18-11-8-9-12-19(18)15-20/h13-15,17,21H,4-12,16H2,1-3H3,(H,23,24)/t17-,21-/m0/s1. The Labute approximate surface area is 153 Å². The molecule has 0 aromatic heterocycles. The third-order valence-corrected chi connectivity index (χ3v) is 5.37. The minimum atomic E-state index is -0.398. The molecule has 0 aliphatic heterocycles. The summed E-state index contributed by atoms with van der Waals surface area (Å²) in [7, 11) is 0. The van der Waals surface area contributed by atoms with E-state index in [0.717, 1.165) is 25.1 Å². The summed E-state index contributed by atoms with van der Waals surface area (Å²) in [5.41, 5.74) is 2.84. The van der Waals surface area contributed by atoms with E-state index in [-0.39, 0.29) is 5.91 Å². The summed E-state index contributed by atoms with van der Waals surface area (Å²) in [4.78, 5) is 12.5. The first-order chi connectivity index (χ1) is 12.2. The molecular formula is C22H35NO2. The normalized spacial score (nSPS) is 16.0. The van der Waals surface area contributed by atoms with E-state index in [0.29, 0.717) is 12.3 Å². The summed E-state index contributed by atoms with van der Waals surface area (Å²) >= 11 is 0. The van der Waals surface area contributed by atoms with Crippen LogP contribution in [0.2, 0.25) is 0 Å². The fourth-order valence-electron chi connectivity index (χ4n) is 3.57. The van der Waals surface area contributed by atoms with Crippen molar-refractivity contribution in [2.45, 2.75) is 84.7 Å². The monoisotopic (exact) mass is 345 g/mol. The minimum Gasteiger partial charge on any atom is -0.481 e. The molecule has 1 aromatic rings. The number of carbonyl (C=O) groups excluding carboxylic acids is 1. The average molecular weight is 346 g/mol. The molecule has 1 aliphatic carbocycles. The Hall–Kier alpha value is -1.51. The van der Waals surface area contributed by atoms with Gasteiger partial charge in [0.05, 0.1) is 0 Å². The van der Waals surface area contributed by atoms with Crippen molar-refractivity contribution < 1.29 is 9.53 Å². The number of benzene rings is 1. The number of nitrogens with one attached hydrogen (secondary N) is 1. The number of fused-ring (bicyclic) bond motifs is 1. The number of ether oxygens (including phenoxy) is 1. The minimum absolute atomic E-state index is 0.0233. The van der Waals surface area contributed by atoms with Gasteiger partial charge in [0, 0.05) is 6.54 Å². The van der Waals surface area contributed by atoms with Crippen LogP contribution in [-0.2, 0) is 17.6 Å². The predicted octanol–water partition coefficient (Wildman–Crippen LogP) is 5.06. The summed E-state index contributed by atoms with van der Waals surface area (Å²) in [6.45, 7) is 7.19. The van der Waals surface area contributed by atoms with Crippen LogP contribution in [0.25, 0.3) is 0 Å². The molecule has 0 heterocycles. The number of hydrogen-bond donors (Lipinski definition) is 1. The second kappa shape index (κ2) is 10.5. The maximum absolute atomic E-state index is 12.5. The van der Waals surface area contributed by atoms with E-state index in [1.54, 1.807) is 0 Å². The van der Waals surface area contributed by atoms with Crippen molar-refractivity contribution in [2.75, 3.05) is 6.54 Å². The van der Waals surface area contributed by atoms with Gasteiger partial charge in [0.1, 0.15) is 5.75 Å². The predicted molar refractivity (Wildman–Crippen MR) is 104 cm³/mol. The summed E-state index contributed by atoms with van der Waals surface area (Å²) in [5.74, 6) is 1.43. The Morgan fingerprint density at radius 1 is 1.12 bits per heavy atom. The van der Waals surface area contributed by atoms with Gasteiger partial charge >= 0.3 is 0 Å². The number of hydrogen-bond acceptors (Lipinski definition) is 2. The number of aryl methyl sites for hydroxylation is 2. The van der Waals surface area contributed by atoms with Gasteiger partial charge in [-0.25, -0.2) is 0 Å². The van der Waals surface area contributed by atoms with Gasteiger partial charge in [-0.15, -0.1) is 0 Å². The first kappa shape index (κ1) is 19.8. The van der Waals surface area contributed by atoms with Crippen molar-refractivity contribution in [3.05, 3.63) is 29.3 Å². The van der Waals surface area contributed by atoms with E-state index in [1.807, 2.05) is 13.0 Å². The molecular weight excluding hydrogens is 310 g/mol. The van der Waals surface area contributed by atoms with E-state index >= 15 is 0 Å². The second-order valence-electron chi connectivity index (χ2n) is 7.31. The van der Waals surface area contributed by atoms with E-state index in [1.165, 1.54) is 49.7 Å². The Morgan fingerprint density at radius 3 is 2.56 bits per heavy atom.